The molecule has 11 nitrogen and oxygen atoms in total. The molecule has 0 amide bonds. The molecule has 1 aliphatic carbocycles. The van der Waals surface area contributed by atoms with E-state index in [1.807, 2.05) is 4.72 Å². The standard InChI is InChI=1S/C31H30F3N7O4S3/c1-40-12-16-8-9-17(13-40)41(16)31-38-27(18-4-2-7-23(25(18)34)39-48(44,45)29-21(32)5-3-6-22(29)33)28(46-31)24-10-11-35-30(36-24)37-26-19-14-47(42,43)15-20(19)26/h2-7,10-11,16-17,19-20,26,39H,8-9,12-15H2,1H3,(H,35,36,37)/t16?,17?,19-,20-/m0/s1. The number of nitrogens with zero attached hydrogens (tertiary/aromatic N) is 5. The van der Waals surface area contributed by atoms with Gasteiger partial charge in [-0.15, -0.1) is 0 Å². The number of thiazole rings is 1. The molecule has 2 bridgehead atoms. The molecule has 4 aliphatic rings. The molecular formula is C31H30F3N7O4S3. The number of sulfone groups is 1. The van der Waals surface area contributed by atoms with E-state index in [0.717, 1.165) is 44.1 Å². The van der Waals surface area contributed by atoms with E-state index < -0.39 is 47.9 Å². The Kier molecular flexibility index (Phi) is 7.46. The molecule has 0 radical (unpaired) electrons. The highest BCUT2D eigenvalue weighted by atomic mass is 32.2. The van der Waals surface area contributed by atoms with Crippen molar-refractivity contribution in [2.45, 2.75) is 35.9 Å². The molecule has 3 saturated heterocycles. The van der Waals surface area contributed by atoms with Crippen molar-refractivity contribution in [1.29, 1.82) is 0 Å². The van der Waals surface area contributed by atoms with Crippen LogP contribution in [0.15, 0.2) is 53.6 Å². The molecule has 8 rings (SSSR count). The van der Waals surface area contributed by atoms with E-state index in [1.165, 1.54) is 29.5 Å². The number of anilines is 3. The summed E-state index contributed by atoms with van der Waals surface area (Å²) in [6.45, 7) is 1.69. The summed E-state index contributed by atoms with van der Waals surface area (Å²) < 4.78 is 97.2. The van der Waals surface area contributed by atoms with Crippen molar-refractivity contribution in [2.75, 3.05) is 46.6 Å². The van der Waals surface area contributed by atoms with Crippen LogP contribution in [-0.2, 0) is 19.9 Å². The van der Waals surface area contributed by atoms with Crippen LogP contribution in [-0.4, -0.2) is 86.5 Å². The summed E-state index contributed by atoms with van der Waals surface area (Å²) in [5, 5.41) is 3.94. The lowest BCUT2D eigenvalue weighted by Gasteiger charge is -2.39. The van der Waals surface area contributed by atoms with Gasteiger partial charge in [0.05, 0.1) is 33.5 Å². The Morgan fingerprint density at radius 2 is 1.60 bits per heavy atom. The first-order valence-electron chi connectivity index (χ1n) is 15.4. The summed E-state index contributed by atoms with van der Waals surface area (Å²) in [5.41, 5.74) is 0.141. The monoisotopic (exact) mass is 717 g/mol. The molecule has 2 aromatic carbocycles. The van der Waals surface area contributed by atoms with Gasteiger partial charge in [0.15, 0.2) is 25.7 Å². The molecule has 17 heteroatoms. The molecule has 2 aromatic heterocycles. The van der Waals surface area contributed by atoms with Crippen molar-refractivity contribution >= 4 is 48.0 Å². The third-order valence-corrected chi connectivity index (χ3v) is 13.9. The lowest BCUT2D eigenvalue weighted by molar-refractivity contribution is 0.264. The number of likely N-dealkylation sites (N-methyl/N-ethyl adjacent to an activating group) is 1. The number of sulfonamides is 1. The topological polar surface area (TPSA) is 137 Å². The average Bonchev–Trinajstić information content (AvgIpc) is 3.32. The third kappa shape index (κ3) is 5.49. The molecule has 4 aromatic rings. The largest absolute Gasteiger partial charge is 0.351 e. The van der Waals surface area contributed by atoms with Gasteiger partial charge in [-0.1, -0.05) is 23.5 Å². The van der Waals surface area contributed by atoms with E-state index >= 15 is 4.39 Å². The lowest BCUT2D eigenvalue weighted by Crippen LogP contribution is -2.52. The molecule has 2 unspecified atom stereocenters. The number of piperazine rings is 1. The molecule has 48 heavy (non-hydrogen) atoms. The Hall–Kier alpha value is -3.80. The summed E-state index contributed by atoms with van der Waals surface area (Å²) in [7, 11) is -5.79. The molecule has 252 valence electrons. The Morgan fingerprint density at radius 3 is 2.29 bits per heavy atom. The van der Waals surface area contributed by atoms with Gasteiger partial charge < -0.3 is 15.1 Å². The van der Waals surface area contributed by atoms with Gasteiger partial charge in [-0.2, -0.15) is 0 Å². The zero-order valence-corrected chi connectivity index (χ0v) is 27.9. The van der Waals surface area contributed by atoms with Gasteiger partial charge in [0.1, 0.15) is 11.6 Å². The highest BCUT2D eigenvalue weighted by Gasteiger charge is 2.59. The van der Waals surface area contributed by atoms with Crippen LogP contribution in [0.3, 0.4) is 0 Å². The number of likely N-dealkylation sites (tertiary alicyclic amines) is 1. The van der Waals surface area contributed by atoms with Gasteiger partial charge >= 0.3 is 0 Å². The second-order valence-electron chi connectivity index (χ2n) is 12.9. The second kappa shape index (κ2) is 11.4. The van der Waals surface area contributed by atoms with Crippen LogP contribution >= 0.6 is 11.3 Å². The Morgan fingerprint density at radius 1 is 0.938 bits per heavy atom. The minimum absolute atomic E-state index is 0.0129. The van der Waals surface area contributed by atoms with Gasteiger partial charge in [-0.25, -0.2) is 45.0 Å². The van der Waals surface area contributed by atoms with Crippen molar-refractivity contribution in [3.8, 4) is 21.8 Å². The van der Waals surface area contributed by atoms with Crippen molar-refractivity contribution in [1.82, 2.24) is 19.9 Å². The van der Waals surface area contributed by atoms with Crippen LogP contribution in [0.5, 0.6) is 0 Å². The maximum absolute atomic E-state index is 16.4. The minimum Gasteiger partial charge on any atom is -0.351 e. The van der Waals surface area contributed by atoms with E-state index in [4.69, 9.17) is 9.97 Å². The molecule has 4 atom stereocenters. The number of aromatic nitrogens is 3. The molecule has 2 N–H and O–H groups in total. The molecule has 0 spiro atoms. The van der Waals surface area contributed by atoms with Gasteiger partial charge in [0.2, 0.25) is 5.95 Å². The number of hydrogen-bond donors (Lipinski definition) is 2. The van der Waals surface area contributed by atoms with Gasteiger partial charge in [0.25, 0.3) is 10.0 Å². The molecule has 4 fully saturated rings. The van der Waals surface area contributed by atoms with E-state index in [1.54, 1.807) is 12.3 Å². The molecular weight excluding hydrogens is 688 g/mol. The van der Waals surface area contributed by atoms with Crippen LogP contribution < -0.4 is 14.9 Å². The quantitative estimate of drug-likeness (QED) is 0.273. The SMILES string of the molecule is CN1CC2CCC(C1)N2c1nc(-c2cccc(NS(=O)(=O)c3c(F)cccc3F)c2F)c(-c2ccnc(NC3[C@H]4CS(=O)(=O)C[C@H]34)n2)s1. The first-order valence-corrected chi connectivity index (χ1v) is 19.5. The van der Waals surface area contributed by atoms with E-state index in [9.17, 15) is 25.6 Å². The fourth-order valence-electron chi connectivity index (χ4n) is 7.40. The summed E-state index contributed by atoms with van der Waals surface area (Å²) in [5.74, 6) is -3.00. The van der Waals surface area contributed by atoms with Crippen LogP contribution in [0.25, 0.3) is 21.8 Å². The first-order chi connectivity index (χ1) is 22.9. The van der Waals surface area contributed by atoms with Crippen LogP contribution in [0, 0.1) is 29.3 Å². The Balaban J connectivity index is 1.18. The second-order valence-corrected chi connectivity index (χ2v) is 17.6. The number of hydrogen-bond acceptors (Lipinski definition) is 11. The maximum atomic E-state index is 16.4. The summed E-state index contributed by atoms with van der Waals surface area (Å²) >= 11 is 1.35. The Bertz CT molecular complexity index is 2120. The zero-order valence-electron chi connectivity index (χ0n) is 25.5. The van der Waals surface area contributed by atoms with Crippen LogP contribution in [0.1, 0.15) is 12.8 Å². The number of nitrogens with one attached hydrogen (secondary N) is 2. The van der Waals surface area contributed by atoms with Crippen LogP contribution in [0.2, 0.25) is 0 Å². The van der Waals surface area contributed by atoms with E-state index in [2.05, 4.69) is 27.1 Å². The Labute approximate surface area is 279 Å². The highest BCUT2D eigenvalue weighted by Crippen LogP contribution is 2.49. The maximum Gasteiger partial charge on any atom is 0.267 e. The van der Waals surface area contributed by atoms with Crippen molar-refractivity contribution in [3.05, 3.63) is 66.1 Å². The summed E-state index contributed by atoms with van der Waals surface area (Å²) in [6.07, 6.45) is 3.53. The van der Waals surface area contributed by atoms with Crippen molar-refractivity contribution < 1.29 is 30.0 Å². The molecule has 5 heterocycles. The normalized spacial score (nSPS) is 26.0. The fourth-order valence-corrected chi connectivity index (χ4v) is 12.0. The minimum atomic E-state index is -4.84. The zero-order chi connectivity index (χ0) is 33.5. The highest BCUT2D eigenvalue weighted by molar-refractivity contribution is 7.92. The van der Waals surface area contributed by atoms with Crippen LogP contribution in [0.4, 0.5) is 29.9 Å². The van der Waals surface area contributed by atoms with E-state index in [-0.39, 0.29) is 52.7 Å². The predicted octanol–water partition coefficient (Wildman–Crippen LogP) is 4.22. The number of fused-ring (bicyclic) bond motifs is 3. The first kappa shape index (κ1) is 31.5. The summed E-state index contributed by atoms with van der Waals surface area (Å²) in [6, 6.07) is 8.77. The number of rotatable bonds is 8. The van der Waals surface area contributed by atoms with E-state index in [0.29, 0.717) is 21.7 Å². The number of benzene rings is 2. The van der Waals surface area contributed by atoms with Gasteiger partial charge in [-0.3, -0.25) is 4.72 Å². The molecule has 1 saturated carbocycles. The van der Waals surface area contributed by atoms with Crippen molar-refractivity contribution in [2.24, 2.45) is 11.8 Å². The predicted molar refractivity (Wildman–Crippen MR) is 176 cm³/mol. The van der Waals surface area contributed by atoms with Gasteiger partial charge in [0, 0.05) is 43.0 Å². The smallest absolute Gasteiger partial charge is 0.267 e. The fraction of sp³-hybridized carbons (Fsp3) is 0.387. The number of halogens is 3. The lowest BCUT2D eigenvalue weighted by atomic mass is 10.1. The average molecular weight is 718 g/mol. The third-order valence-electron chi connectivity index (χ3n) is 9.60. The van der Waals surface area contributed by atoms with Gasteiger partial charge in [-0.05, 0) is 62.1 Å². The van der Waals surface area contributed by atoms with Crippen molar-refractivity contribution in [3.63, 3.8) is 0 Å². The molecule has 3 aliphatic heterocycles. The summed E-state index contributed by atoms with van der Waals surface area (Å²) in [4.78, 5) is 17.9.